The van der Waals surface area contributed by atoms with E-state index in [0.29, 0.717) is 12.0 Å². The molecule has 20 heavy (non-hydrogen) atoms. The number of furan rings is 1. The van der Waals surface area contributed by atoms with Crippen molar-refractivity contribution in [2.75, 3.05) is 13.1 Å². The van der Waals surface area contributed by atoms with Gasteiger partial charge in [0, 0.05) is 12.1 Å². The summed E-state index contributed by atoms with van der Waals surface area (Å²) in [4.78, 5) is 24.4. The van der Waals surface area contributed by atoms with Crippen LogP contribution in [0.25, 0.3) is 0 Å². The minimum Gasteiger partial charge on any atom is -0.395 e. The Kier molecular flexibility index (Phi) is 3.21. The molecule has 7 nitrogen and oxygen atoms in total. The van der Waals surface area contributed by atoms with Gasteiger partial charge in [-0.25, -0.2) is 0 Å². The normalized spacial score (nSPS) is 32.0. The minimum atomic E-state index is -0.645. The molecule has 1 aromatic rings. The molecule has 0 saturated carbocycles. The summed E-state index contributed by atoms with van der Waals surface area (Å²) >= 11 is 0. The number of nitrogens with one attached hydrogen (secondary N) is 1. The van der Waals surface area contributed by atoms with Crippen LogP contribution in [0.1, 0.15) is 30.3 Å². The van der Waals surface area contributed by atoms with Gasteiger partial charge in [0.25, 0.3) is 5.91 Å². The lowest BCUT2D eigenvalue weighted by molar-refractivity contribution is -0.402. The average molecular weight is 279 g/mol. The summed E-state index contributed by atoms with van der Waals surface area (Å²) in [5, 5.41) is 13.5. The van der Waals surface area contributed by atoms with E-state index in [9.17, 15) is 14.9 Å². The van der Waals surface area contributed by atoms with Gasteiger partial charge in [-0.2, -0.15) is 0 Å². The maximum Gasteiger partial charge on any atom is 0.433 e. The highest BCUT2D eigenvalue weighted by atomic mass is 16.6. The van der Waals surface area contributed by atoms with Crippen molar-refractivity contribution in [3.8, 4) is 0 Å². The number of hydrogen-bond donors (Lipinski definition) is 1. The summed E-state index contributed by atoms with van der Waals surface area (Å²) in [5.41, 5.74) is 0. The number of nitro groups is 1. The van der Waals surface area contributed by atoms with E-state index in [0.717, 1.165) is 25.9 Å². The first kappa shape index (κ1) is 13.1. The first-order chi connectivity index (χ1) is 9.56. The maximum atomic E-state index is 12.1. The second-order valence-electron chi connectivity index (χ2n) is 5.51. The number of carbonyl (C=O) groups is 1. The van der Waals surface area contributed by atoms with Crippen LogP contribution in [0, 0.1) is 16.0 Å². The quantitative estimate of drug-likeness (QED) is 0.667. The summed E-state index contributed by atoms with van der Waals surface area (Å²) < 4.78 is 4.94. The molecular formula is C13H17N3O4. The molecule has 3 fully saturated rings. The van der Waals surface area contributed by atoms with Crippen LogP contribution in [0.4, 0.5) is 5.88 Å². The van der Waals surface area contributed by atoms with Crippen molar-refractivity contribution in [3.63, 3.8) is 0 Å². The van der Waals surface area contributed by atoms with Crippen LogP contribution in [0.5, 0.6) is 0 Å². The number of hydrogen-bond acceptors (Lipinski definition) is 5. The first-order valence-corrected chi connectivity index (χ1v) is 6.85. The molecule has 4 rings (SSSR count). The highest BCUT2D eigenvalue weighted by Crippen LogP contribution is 2.32. The largest absolute Gasteiger partial charge is 0.433 e. The smallest absolute Gasteiger partial charge is 0.395 e. The number of carbonyl (C=O) groups excluding carboxylic acids is 1. The number of rotatable bonds is 3. The SMILES string of the molecule is CC1C(NC(=O)c2ccc([N+](=O)[O-])o2)C2CCN1CC2. The van der Waals surface area contributed by atoms with E-state index in [1.54, 1.807) is 0 Å². The van der Waals surface area contributed by atoms with E-state index in [1.807, 2.05) is 0 Å². The van der Waals surface area contributed by atoms with E-state index < -0.39 is 10.8 Å². The standard InChI is InChI=1S/C13H17N3O4/c1-8-12(9-4-6-15(8)7-5-9)14-13(17)10-2-3-11(20-10)16(18)19/h2-3,8-9,12H,4-7H2,1H3,(H,14,17). The van der Waals surface area contributed by atoms with Gasteiger partial charge in [0.1, 0.15) is 4.92 Å². The Labute approximate surface area is 116 Å². The van der Waals surface area contributed by atoms with Gasteiger partial charge in [-0.3, -0.25) is 19.8 Å². The third kappa shape index (κ3) is 2.18. The summed E-state index contributed by atoms with van der Waals surface area (Å²) in [5.74, 6) is -0.287. The predicted molar refractivity (Wildman–Crippen MR) is 70.4 cm³/mol. The van der Waals surface area contributed by atoms with Gasteiger partial charge in [-0.15, -0.1) is 0 Å². The zero-order valence-electron chi connectivity index (χ0n) is 11.2. The highest BCUT2D eigenvalue weighted by Gasteiger charge is 2.40. The van der Waals surface area contributed by atoms with Gasteiger partial charge in [-0.05, 0) is 44.8 Å². The van der Waals surface area contributed by atoms with E-state index in [1.165, 1.54) is 12.1 Å². The fourth-order valence-corrected chi connectivity index (χ4v) is 3.32. The third-order valence-corrected chi connectivity index (χ3v) is 4.47. The van der Waals surface area contributed by atoms with Gasteiger partial charge < -0.3 is 9.73 Å². The molecule has 0 aliphatic carbocycles. The summed E-state index contributed by atoms with van der Waals surface area (Å²) in [6.07, 6.45) is 2.18. The number of amides is 1. The number of fused-ring (bicyclic) bond motifs is 3. The Morgan fingerprint density at radius 2 is 2.15 bits per heavy atom. The van der Waals surface area contributed by atoms with Gasteiger partial charge in [0.05, 0.1) is 6.07 Å². The lowest BCUT2D eigenvalue weighted by Gasteiger charge is -2.49. The molecule has 4 heterocycles. The Morgan fingerprint density at radius 1 is 1.45 bits per heavy atom. The molecular weight excluding hydrogens is 262 g/mol. The van der Waals surface area contributed by atoms with Gasteiger partial charge in [0.15, 0.2) is 5.76 Å². The van der Waals surface area contributed by atoms with E-state index in [4.69, 9.17) is 4.42 Å². The minimum absolute atomic E-state index is 0.000321. The summed E-state index contributed by atoms with van der Waals surface area (Å²) in [6, 6.07) is 2.94. The molecule has 108 valence electrons. The third-order valence-electron chi connectivity index (χ3n) is 4.47. The zero-order valence-corrected chi connectivity index (χ0v) is 11.2. The Balaban J connectivity index is 1.70. The monoisotopic (exact) mass is 279 g/mol. The summed E-state index contributed by atoms with van der Waals surface area (Å²) in [7, 11) is 0. The molecule has 0 radical (unpaired) electrons. The van der Waals surface area contributed by atoms with Crippen LogP contribution >= 0.6 is 0 Å². The number of piperidine rings is 3. The van der Waals surface area contributed by atoms with Crippen molar-refractivity contribution in [1.29, 1.82) is 0 Å². The lowest BCUT2D eigenvalue weighted by atomic mass is 9.79. The Hall–Kier alpha value is -1.89. The molecule has 2 atom stereocenters. The van der Waals surface area contributed by atoms with Crippen LogP contribution < -0.4 is 5.32 Å². The molecule has 1 N–H and O–H groups in total. The van der Waals surface area contributed by atoms with Crippen molar-refractivity contribution in [2.45, 2.75) is 31.8 Å². The number of nitrogens with zero attached hydrogens (tertiary/aromatic N) is 2. The molecule has 2 bridgehead atoms. The predicted octanol–water partition coefficient (Wildman–Crippen LogP) is 1.40. The molecule has 2 unspecified atom stereocenters. The first-order valence-electron chi connectivity index (χ1n) is 6.85. The second kappa shape index (κ2) is 4.90. The molecule has 3 aliphatic heterocycles. The highest BCUT2D eigenvalue weighted by molar-refractivity contribution is 5.92. The van der Waals surface area contributed by atoms with Gasteiger partial charge >= 0.3 is 5.88 Å². The zero-order chi connectivity index (χ0) is 14.3. The van der Waals surface area contributed by atoms with Crippen LogP contribution in [-0.4, -0.2) is 40.9 Å². The summed E-state index contributed by atoms with van der Waals surface area (Å²) in [6.45, 7) is 4.29. The van der Waals surface area contributed by atoms with Gasteiger partial charge in [-0.1, -0.05) is 0 Å². The molecule has 1 amide bonds. The maximum absolute atomic E-state index is 12.1. The Bertz CT molecular complexity index is 531. The van der Waals surface area contributed by atoms with E-state index in [2.05, 4.69) is 17.1 Å². The Morgan fingerprint density at radius 3 is 2.70 bits per heavy atom. The fraction of sp³-hybridized carbons (Fsp3) is 0.615. The molecule has 1 aromatic heterocycles. The van der Waals surface area contributed by atoms with Gasteiger partial charge in [0.2, 0.25) is 0 Å². The van der Waals surface area contributed by atoms with Crippen LogP contribution in [-0.2, 0) is 0 Å². The fourth-order valence-electron chi connectivity index (χ4n) is 3.32. The van der Waals surface area contributed by atoms with Crippen LogP contribution in [0.3, 0.4) is 0 Å². The van der Waals surface area contributed by atoms with Crippen molar-refractivity contribution >= 4 is 11.8 Å². The second-order valence-corrected chi connectivity index (χ2v) is 5.51. The van der Waals surface area contributed by atoms with E-state index >= 15 is 0 Å². The molecule has 3 aliphatic rings. The van der Waals surface area contributed by atoms with Crippen molar-refractivity contribution in [1.82, 2.24) is 10.2 Å². The van der Waals surface area contributed by atoms with Crippen molar-refractivity contribution in [2.24, 2.45) is 5.92 Å². The van der Waals surface area contributed by atoms with Crippen molar-refractivity contribution in [3.05, 3.63) is 28.0 Å². The molecule has 0 spiro atoms. The van der Waals surface area contributed by atoms with E-state index in [-0.39, 0.29) is 17.7 Å². The van der Waals surface area contributed by atoms with Crippen molar-refractivity contribution < 1.29 is 14.1 Å². The molecule has 0 aromatic carbocycles. The molecule has 7 heteroatoms. The van der Waals surface area contributed by atoms with Crippen LogP contribution in [0.15, 0.2) is 16.5 Å². The average Bonchev–Trinajstić information content (AvgIpc) is 2.93. The van der Waals surface area contributed by atoms with Crippen LogP contribution in [0.2, 0.25) is 0 Å². The lowest BCUT2D eigenvalue weighted by Crippen LogP contribution is -2.62. The topological polar surface area (TPSA) is 88.6 Å². The molecule has 3 saturated heterocycles.